The lowest BCUT2D eigenvalue weighted by Gasteiger charge is -2.22. The van der Waals surface area contributed by atoms with Gasteiger partial charge in [-0.25, -0.2) is 9.00 Å². The van der Waals surface area contributed by atoms with Crippen LogP contribution in [-0.4, -0.2) is 37.6 Å². The van der Waals surface area contributed by atoms with Gasteiger partial charge < -0.3 is 15.4 Å². The number of ether oxygens (including phenoxy) is 1. The molecule has 0 saturated heterocycles. The molecule has 9 heteroatoms. The Morgan fingerprint density at radius 3 is 2.49 bits per heavy atom. The lowest BCUT2D eigenvalue weighted by atomic mass is 10.1. The Labute approximate surface area is 210 Å². The highest BCUT2D eigenvalue weighted by molar-refractivity contribution is 7.85. The third kappa shape index (κ3) is 6.72. The largest absolute Gasteiger partial charge is 0.444 e. The molecule has 0 aliphatic heterocycles. The van der Waals surface area contributed by atoms with Gasteiger partial charge in [-0.3, -0.25) is 9.48 Å². The molecular formula is C26H38N4O4S. The van der Waals surface area contributed by atoms with Crippen LogP contribution < -0.4 is 10.6 Å². The summed E-state index contributed by atoms with van der Waals surface area (Å²) in [6.07, 6.45) is 2.58. The van der Waals surface area contributed by atoms with E-state index in [-0.39, 0.29) is 17.4 Å². The third-order valence-corrected chi connectivity index (χ3v) is 7.52. The van der Waals surface area contributed by atoms with Crippen molar-refractivity contribution in [1.82, 2.24) is 15.1 Å². The molecule has 2 unspecified atom stereocenters. The summed E-state index contributed by atoms with van der Waals surface area (Å²) >= 11 is 0. The molecule has 1 fully saturated rings. The summed E-state index contributed by atoms with van der Waals surface area (Å²) in [6, 6.07) is 6.99. The predicted molar refractivity (Wildman–Crippen MR) is 137 cm³/mol. The molecule has 0 bridgehead atoms. The number of rotatable bonds is 9. The first-order chi connectivity index (χ1) is 16.4. The zero-order chi connectivity index (χ0) is 26.0. The second-order valence-corrected chi connectivity index (χ2v) is 11.9. The number of aromatic nitrogens is 2. The maximum atomic E-state index is 13.7. The van der Waals surface area contributed by atoms with Gasteiger partial charge in [0.2, 0.25) is 5.91 Å². The molecule has 0 radical (unpaired) electrons. The van der Waals surface area contributed by atoms with E-state index < -0.39 is 22.5 Å². The maximum Gasteiger partial charge on any atom is 0.407 e. The minimum atomic E-state index is -1.47. The summed E-state index contributed by atoms with van der Waals surface area (Å²) < 4.78 is 20.9. The topological polar surface area (TPSA) is 102 Å². The average molecular weight is 503 g/mol. The summed E-state index contributed by atoms with van der Waals surface area (Å²) in [5.41, 5.74) is 1.43. The van der Waals surface area contributed by atoms with Crippen molar-refractivity contribution in [1.29, 1.82) is 0 Å². The molecule has 2 amide bonds. The Morgan fingerprint density at radius 2 is 1.91 bits per heavy atom. The van der Waals surface area contributed by atoms with Crippen LogP contribution in [0.25, 0.3) is 0 Å². The van der Waals surface area contributed by atoms with E-state index in [0.29, 0.717) is 34.9 Å². The fraction of sp³-hybridized carbons (Fsp3) is 0.577. The van der Waals surface area contributed by atoms with Crippen molar-refractivity contribution >= 4 is 28.5 Å². The Hall–Kier alpha value is -2.68. The van der Waals surface area contributed by atoms with Gasteiger partial charge in [0, 0.05) is 22.0 Å². The van der Waals surface area contributed by atoms with Crippen molar-refractivity contribution in [2.45, 2.75) is 102 Å². The number of carbonyl (C=O) groups is 2. The minimum absolute atomic E-state index is 0.00298. The number of nitrogens with one attached hydrogen (secondary N) is 2. The molecule has 192 valence electrons. The second kappa shape index (κ2) is 10.5. The molecular weight excluding hydrogens is 464 g/mol. The number of alkyl carbamates (subject to hydrolysis) is 1. The van der Waals surface area contributed by atoms with Crippen molar-refractivity contribution in [3.05, 3.63) is 35.7 Å². The summed E-state index contributed by atoms with van der Waals surface area (Å²) in [7, 11) is -1.47. The smallest absolute Gasteiger partial charge is 0.407 e. The van der Waals surface area contributed by atoms with E-state index in [1.165, 1.54) is 0 Å². The highest BCUT2D eigenvalue weighted by Gasteiger charge is 2.44. The average Bonchev–Trinajstić information content (AvgIpc) is 3.42. The van der Waals surface area contributed by atoms with Crippen LogP contribution in [0, 0.1) is 5.41 Å². The van der Waals surface area contributed by atoms with E-state index in [4.69, 9.17) is 9.84 Å². The zero-order valence-corrected chi connectivity index (χ0v) is 22.7. The van der Waals surface area contributed by atoms with Gasteiger partial charge in [0.05, 0.1) is 33.6 Å². The van der Waals surface area contributed by atoms with Crippen LogP contribution in [0.3, 0.4) is 0 Å². The lowest BCUT2D eigenvalue weighted by Crippen LogP contribution is -2.40. The third-order valence-electron chi connectivity index (χ3n) is 6.00. The lowest BCUT2D eigenvalue weighted by molar-refractivity contribution is -0.120. The van der Waals surface area contributed by atoms with E-state index in [9.17, 15) is 13.8 Å². The van der Waals surface area contributed by atoms with Gasteiger partial charge in [0.1, 0.15) is 5.60 Å². The first-order valence-corrected chi connectivity index (χ1v) is 13.4. The van der Waals surface area contributed by atoms with Crippen LogP contribution in [0.15, 0.2) is 34.1 Å². The molecule has 1 aliphatic rings. The molecule has 2 atom stereocenters. The van der Waals surface area contributed by atoms with E-state index >= 15 is 0 Å². The molecule has 0 spiro atoms. The number of aryl methyl sites for hydroxylation is 1. The zero-order valence-electron chi connectivity index (χ0n) is 21.9. The monoisotopic (exact) mass is 502 g/mol. The van der Waals surface area contributed by atoms with E-state index in [0.717, 1.165) is 24.2 Å². The van der Waals surface area contributed by atoms with Gasteiger partial charge in [-0.05, 0) is 71.6 Å². The molecule has 1 aromatic carbocycles. The molecule has 2 aromatic rings. The molecule has 2 N–H and O–H groups in total. The highest BCUT2D eigenvalue weighted by Crippen LogP contribution is 2.45. The minimum Gasteiger partial charge on any atom is -0.444 e. The number of benzene rings is 1. The molecule has 1 heterocycles. The molecule has 1 saturated carbocycles. The van der Waals surface area contributed by atoms with Crippen LogP contribution in [0.1, 0.15) is 72.7 Å². The van der Waals surface area contributed by atoms with Gasteiger partial charge in [0.25, 0.3) is 0 Å². The fourth-order valence-corrected chi connectivity index (χ4v) is 5.33. The normalized spacial score (nSPS) is 16.3. The number of anilines is 1. The quantitative estimate of drug-likeness (QED) is 0.511. The van der Waals surface area contributed by atoms with Crippen LogP contribution >= 0.6 is 0 Å². The molecule has 3 rings (SSSR count). The number of hydrogen-bond donors (Lipinski definition) is 2. The van der Waals surface area contributed by atoms with Crippen molar-refractivity contribution in [3.63, 3.8) is 0 Å². The Bertz CT molecular complexity index is 1120. The Balaban J connectivity index is 1.82. The SMILES string of the molecule is CCc1nn(CC(C)NC(=O)OC(C)(C)C)c(CC)c1S(=O)c1cccc(NC(=O)C2(C)CC2)c1. The summed E-state index contributed by atoms with van der Waals surface area (Å²) in [6.45, 7) is 13.7. The Morgan fingerprint density at radius 1 is 1.23 bits per heavy atom. The predicted octanol–water partition coefficient (Wildman–Crippen LogP) is 4.83. The van der Waals surface area contributed by atoms with Gasteiger partial charge >= 0.3 is 6.09 Å². The van der Waals surface area contributed by atoms with Crippen molar-refractivity contribution in [3.8, 4) is 0 Å². The van der Waals surface area contributed by atoms with Crippen LogP contribution in [0.5, 0.6) is 0 Å². The van der Waals surface area contributed by atoms with E-state index in [1.807, 2.05) is 71.3 Å². The highest BCUT2D eigenvalue weighted by atomic mass is 32.2. The molecule has 1 aromatic heterocycles. The first kappa shape index (κ1) is 26.9. The first-order valence-electron chi connectivity index (χ1n) is 12.3. The van der Waals surface area contributed by atoms with Gasteiger partial charge in [-0.2, -0.15) is 5.10 Å². The summed E-state index contributed by atoms with van der Waals surface area (Å²) in [4.78, 5) is 26.0. The van der Waals surface area contributed by atoms with Crippen molar-refractivity contribution < 1.29 is 18.5 Å². The van der Waals surface area contributed by atoms with Gasteiger partial charge in [-0.15, -0.1) is 0 Å². The van der Waals surface area contributed by atoms with Gasteiger partial charge in [0.15, 0.2) is 0 Å². The van der Waals surface area contributed by atoms with Crippen LogP contribution in [0.2, 0.25) is 0 Å². The van der Waals surface area contributed by atoms with Crippen LogP contribution in [-0.2, 0) is 39.7 Å². The standard InChI is InChI=1S/C26H38N4O4S/c1-8-20-22(21(9-2)30(29-20)16-17(3)27-24(32)34-25(4,5)6)35(33)19-12-10-11-18(15-19)28-23(31)26(7)13-14-26/h10-12,15,17H,8-9,13-14,16H2,1-7H3,(H,27,32)(H,28,31). The van der Waals surface area contributed by atoms with Crippen LogP contribution in [0.4, 0.5) is 10.5 Å². The van der Waals surface area contributed by atoms with E-state index in [1.54, 1.807) is 6.07 Å². The van der Waals surface area contributed by atoms with E-state index in [2.05, 4.69) is 10.6 Å². The number of amides is 2. The summed E-state index contributed by atoms with van der Waals surface area (Å²) in [5, 5.41) is 10.6. The Kier molecular flexibility index (Phi) is 8.09. The molecule has 1 aliphatic carbocycles. The molecule has 8 nitrogen and oxygen atoms in total. The maximum absolute atomic E-state index is 13.7. The van der Waals surface area contributed by atoms with Crippen molar-refractivity contribution in [2.24, 2.45) is 5.41 Å². The molecule has 35 heavy (non-hydrogen) atoms. The summed E-state index contributed by atoms with van der Waals surface area (Å²) in [5.74, 6) is 0.00298. The second-order valence-electron chi connectivity index (χ2n) is 10.5. The number of nitrogens with zero attached hydrogens (tertiary/aromatic N) is 2. The van der Waals surface area contributed by atoms with Crippen molar-refractivity contribution in [2.75, 3.05) is 5.32 Å². The number of carbonyl (C=O) groups excluding carboxylic acids is 2. The number of hydrogen-bond acceptors (Lipinski definition) is 5. The van der Waals surface area contributed by atoms with Gasteiger partial charge in [-0.1, -0.05) is 26.8 Å². The fourth-order valence-electron chi connectivity index (χ4n) is 3.79.